The molecule has 3 aromatic rings. The highest BCUT2D eigenvalue weighted by Crippen LogP contribution is 2.41. The lowest BCUT2D eigenvalue weighted by atomic mass is 10.1. The van der Waals surface area contributed by atoms with Crippen molar-refractivity contribution in [2.45, 2.75) is 18.9 Å². The minimum absolute atomic E-state index is 0.0870. The highest BCUT2D eigenvalue weighted by atomic mass is 35.5. The van der Waals surface area contributed by atoms with Crippen LogP contribution in [-0.4, -0.2) is 35.8 Å². The van der Waals surface area contributed by atoms with E-state index >= 15 is 0 Å². The molecule has 1 aliphatic heterocycles. The Labute approximate surface area is 205 Å². The van der Waals surface area contributed by atoms with E-state index in [1.807, 2.05) is 5.32 Å². The number of ether oxygens (including phenoxy) is 1. The molecule has 0 spiro atoms. The maximum atomic E-state index is 13.6. The van der Waals surface area contributed by atoms with Gasteiger partial charge in [0.05, 0.1) is 29.9 Å². The number of anilines is 4. The van der Waals surface area contributed by atoms with Crippen LogP contribution in [0.15, 0.2) is 48.7 Å². The molecule has 0 aliphatic carbocycles. The average molecular weight is 532 g/mol. The number of hydrogen-bond donors (Lipinski definition) is 1. The predicted octanol–water partition coefficient (Wildman–Crippen LogP) is 6.41. The summed E-state index contributed by atoms with van der Waals surface area (Å²) in [4.78, 5) is 23.6. The summed E-state index contributed by atoms with van der Waals surface area (Å²) in [6.45, 7) is -1.53. The summed E-state index contributed by atoms with van der Waals surface area (Å²) >= 11 is 5.73. The molecule has 0 saturated carbocycles. The Morgan fingerprint density at radius 3 is 2.33 bits per heavy atom. The van der Waals surface area contributed by atoms with Crippen LogP contribution in [0, 0.1) is 0 Å². The van der Waals surface area contributed by atoms with Crippen molar-refractivity contribution in [3.8, 4) is 5.75 Å². The second kappa shape index (κ2) is 9.37. The minimum Gasteiger partial charge on any atom is -0.497 e. The molecule has 0 radical (unpaired) electrons. The Hall–Kier alpha value is -3.74. The fourth-order valence-electron chi connectivity index (χ4n) is 3.48. The number of urea groups is 1. The quantitative estimate of drug-likeness (QED) is 0.385. The third-order valence-electron chi connectivity index (χ3n) is 5.15. The molecule has 1 aliphatic rings. The lowest BCUT2D eigenvalue weighted by Gasteiger charge is -2.36. The van der Waals surface area contributed by atoms with Crippen molar-refractivity contribution in [3.63, 3.8) is 0 Å². The van der Waals surface area contributed by atoms with Crippen molar-refractivity contribution in [1.29, 1.82) is 0 Å². The zero-order valence-corrected chi connectivity index (χ0v) is 19.0. The number of amides is 2. The van der Waals surface area contributed by atoms with E-state index in [0.29, 0.717) is 17.5 Å². The smallest absolute Gasteiger partial charge is 0.417 e. The summed E-state index contributed by atoms with van der Waals surface area (Å²) < 4.78 is 83.6. The van der Waals surface area contributed by atoms with Crippen LogP contribution >= 0.6 is 11.6 Å². The fourth-order valence-corrected chi connectivity index (χ4v) is 3.71. The molecule has 0 unspecified atom stereocenters. The number of hydrogen-bond acceptors (Lipinski definition) is 5. The summed E-state index contributed by atoms with van der Waals surface area (Å²) in [5, 5.41) is 1.42. The van der Waals surface area contributed by atoms with Gasteiger partial charge in [0, 0.05) is 17.4 Å². The van der Waals surface area contributed by atoms with Crippen LogP contribution in [0.2, 0.25) is 5.02 Å². The molecular formula is C22H16ClF6N5O2. The highest BCUT2D eigenvalue weighted by molar-refractivity contribution is 6.31. The van der Waals surface area contributed by atoms with Gasteiger partial charge in [-0.1, -0.05) is 11.6 Å². The Kier molecular flexibility index (Phi) is 6.60. The molecule has 4 rings (SSSR count). The molecule has 2 amide bonds. The third kappa shape index (κ3) is 5.25. The maximum absolute atomic E-state index is 13.6. The van der Waals surface area contributed by atoms with E-state index in [-0.39, 0.29) is 23.6 Å². The van der Waals surface area contributed by atoms with Gasteiger partial charge in [-0.15, -0.1) is 0 Å². The molecule has 1 aromatic heterocycles. The van der Waals surface area contributed by atoms with Crippen molar-refractivity contribution in [1.82, 2.24) is 9.97 Å². The lowest BCUT2D eigenvalue weighted by molar-refractivity contribution is -0.137. The first-order chi connectivity index (χ1) is 16.9. The molecule has 2 aromatic carbocycles. The van der Waals surface area contributed by atoms with Crippen molar-refractivity contribution >= 4 is 40.8 Å². The number of carbonyl (C=O) groups is 1. The van der Waals surface area contributed by atoms with Gasteiger partial charge in [0.2, 0.25) is 5.95 Å². The number of aromatic nitrogens is 2. The minimum atomic E-state index is -4.82. The van der Waals surface area contributed by atoms with Crippen molar-refractivity contribution in [2.75, 3.05) is 28.8 Å². The number of nitrogens with one attached hydrogen (secondary N) is 1. The first-order valence-corrected chi connectivity index (χ1v) is 10.5. The van der Waals surface area contributed by atoms with E-state index in [1.165, 1.54) is 24.3 Å². The van der Waals surface area contributed by atoms with Crippen LogP contribution in [-0.2, 0) is 12.7 Å². The SMILES string of the molecule is COc1ccc(N2Cc3cnc(NCC(F)(F)F)nc3N(c3ccc(Cl)c(C(F)(F)F)c3)C2=O)cc1. The lowest BCUT2D eigenvalue weighted by Crippen LogP contribution is -2.45. The van der Waals surface area contributed by atoms with Gasteiger partial charge >= 0.3 is 18.4 Å². The van der Waals surface area contributed by atoms with E-state index in [1.54, 1.807) is 24.3 Å². The Morgan fingerprint density at radius 1 is 1.06 bits per heavy atom. The van der Waals surface area contributed by atoms with E-state index in [2.05, 4.69) is 9.97 Å². The van der Waals surface area contributed by atoms with Crippen LogP contribution in [0.25, 0.3) is 0 Å². The standard InChI is InChI=1S/C22H16ClF6N5O2/c1-36-15-5-2-13(3-6-15)33-10-12-9-30-19(31-11-21(24,25)26)32-18(12)34(20(33)35)14-4-7-17(23)16(8-14)22(27,28)29/h2-9H,10-11H2,1H3,(H,30,31,32). The molecule has 36 heavy (non-hydrogen) atoms. The Morgan fingerprint density at radius 2 is 1.72 bits per heavy atom. The number of halogens is 7. The van der Waals surface area contributed by atoms with E-state index in [0.717, 1.165) is 11.0 Å². The molecule has 0 bridgehead atoms. The van der Waals surface area contributed by atoms with E-state index in [4.69, 9.17) is 16.3 Å². The second-order valence-corrected chi connectivity index (χ2v) is 7.98. The van der Waals surface area contributed by atoms with Gasteiger partial charge in [-0.3, -0.25) is 4.90 Å². The number of nitrogens with zero attached hydrogens (tertiary/aromatic N) is 4. The zero-order chi connectivity index (χ0) is 26.3. The molecule has 0 atom stereocenters. The molecule has 1 N–H and O–H groups in total. The number of alkyl halides is 6. The van der Waals surface area contributed by atoms with Crippen LogP contribution in [0.3, 0.4) is 0 Å². The first kappa shape index (κ1) is 25.4. The van der Waals surface area contributed by atoms with Gasteiger partial charge in [-0.25, -0.2) is 14.7 Å². The van der Waals surface area contributed by atoms with Gasteiger partial charge < -0.3 is 10.1 Å². The van der Waals surface area contributed by atoms with E-state index in [9.17, 15) is 31.1 Å². The Balaban J connectivity index is 1.82. The number of carbonyl (C=O) groups excluding carboxylic acids is 1. The molecule has 14 heteroatoms. The normalized spacial score (nSPS) is 14.1. The van der Waals surface area contributed by atoms with Crippen LogP contribution in [0.4, 0.5) is 54.3 Å². The summed E-state index contributed by atoms with van der Waals surface area (Å²) in [5.74, 6) is -0.108. The van der Waals surface area contributed by atoms with Gasteiger partial charge in [-0.05, 0) is 42.5 Å². The largest absolute Gasteiger partial charge is 0.497 e. The van der Waals surface area contributed by atoms with Crippen molar-refractivity contribution in [2.24, 2.45) is 0 Å². The van der Waals surface area contributed by atoms with E-state index < -0.39 is 41.5 Å². The highest BCUT2D eigenvalue weighted by Gasteiger charge is 2.38. The average Bonchev–Trinajstić information content (AvgIpc) is 2.82. The van der Waals surface area contributed by atoms with Gasteiger partial charge in [0.1, 0.15) is 12.3 Å². The van der Waals surface area contributed by atoms with Gasteiger partial charge in [-0.2, -0.15) is 31.3 Å². The van der Waals surface area contributed by atoms with Gasteiger partial charge in [0.15, 0.2) is 5.82 Å². The predicted molar refractivity (Wildman–Crippen MR) is 120 cm³/mol. The van der Waals surface area contributed by atoms with Crippen LogP contribution in [0.5, 0.6) is 5.75 Å². The molecule has 190 valence electrons. The number of methoxy groups -OCH3 is 1. The zero-order valence-electron chi connectivity index (χ0n) is 18.3. The van der Waals surface area contributed by atoms with Crippen LogP contribution in [0.1, 0.15) is 11.1 Å². The molecule has 7 nitrogen and oxygen atoms in total. The summed E-state index contributed by atoms with van der Waals surface area (Å²) in [5.41, 5.74) is -0.758. The van der Waals surface area contributed by atoms with Gasteiger partial charge in [0.25, 0.3) is 0 Å². The Bertz CT molecular complexity index is 1280. The maximum Gasteiger partial charge on any atom is 0.417 e. The fraction of sp³-hybridized carbons (Fsp3) is 0.227. The number of benzene rings is 2. The molecular weight excluding hydrogens is 516 g/mol. The molecule has 0 saturated heterocycles. The summed E-state index contributed by atoms with van der Waals surface area (Å²) in [6.07, 6.45) is -8.19. The number of fused-ring (bicyclic) bond motifs is 1. The summed E-state index contributed by atoms with van der Waals surface area (Å²) in [6, 6.07) is 8.37. The second-order valence-electron chi connectivity index (χ2n) is 7.58. The first-order valence-electron chi connectivity index (χ1n) is 10.2. The summed E-state index contributed by atoms with van der Waals surface area (Å²) in [7, 11) is 1.46. The topological polar surface area (TPSA) is 70.6 Å². The third-order valence-corrected chi connectivity index (χ3v) is 5.48. The molecule has 0 fully saturated rings. The van der Waals surface area contributed by atoms with Crippen LogP contribution < -0.4 is 19.9 Å². The van der Waals surface area contributed by atoms with Crippen molar-refractivity contribution in [3.05, 3.63) is 64.8 Å². The monoisotopic (exact) mass is 531 g/mol. The van der Waals surface area contributed by atoms with Crippen molar-refractivity contribution < 1.29 is 35.9 Å². The molecule has 2 heterocycles. The number of rotatable bonds is 5.